The Balaban J connectivity index is 0.00000392. The van der Waals surface area contributed by atoms with Crippen LogP contribution in [0.3, 0.4) is 0 Å². The molecule has 1 fully saturated rings. The molecule has 0 saturated carbocycles. The van der Waals surface area contributed by atoms with E-state index in [-0.39, 0.29) is 36.1 Å². The van der Waals surface area contributed by atoms with Crippen molar-refractivity contribution >= 4 is 36.0 Å². The summed E-state index contributed by atoms with van der Waals surface area (Å²) in [6.45, 7) is 19.6. The second-order valence-electron chi connectivity index (χ2n) is 9.14. The molecule has 0 aromatic heterocycles. The van der Waals surface area contributed by atoms with Gasteiger partial charge in [0.15, 0.2) is 5.96 Å². The molecule has 0 radical (unpaired) electrons. The van der Waals surface area contributed by atoms with E-state index in [4.69, 9.17) is 4.74 Å². The van der Waals surface area contributed by atoms with E-state index in [9.17, 15) is 4.79 Å². The Morgan fingerprint density at radius 3 is 2.46 bits per heavy atom. The number of hydrogen-bond donors (Lipinski definition) is 1. The van der Waals surface area contributed by atoms with Crippen LogP contribution in [0.2, 0.25) is 0 Å². The maximum atomic E-state index is 12.3. The van der Waals surface area contributed by atoms with Gasteiger partial charge in [0.05, 0.1) is 12.6 Å². The highest BCUT2D eigenvalue weighted by Crippen LogP contribution is 2.18. The van der Waals surface area contributed by atoms with Crippen LogP contribution in [0.1, 0.15) is 54.9 Å². The van der Waals surface area contributed by atoms with Crippen LogP contribution in [-0.4, -0.2) is 89.7 Å². The molecule has 1 unspecified atom stereocenters. The van der Waals surface area contributed by atoms with Gasteiger partial charge < -0.3 is 19.9 Å². The number of nitrogens with one attached hydrogen (secondary N) is 1. The van der Waals surface area contributed by atoms with Crippen molar-refractivity contribution in [2.45, 2.75) is 78.6 Å². The van der Waals surface area contributed by atoms with Crippen molar-refractivity contribution < 1.29 is 9.53 Å². The van der Waals surface area contributed by atoms with Gasteiger partial charge >= 0.3 is 6.09 Å². The smallest absolute Gasteiger partial charge is 0.410 e. The fraction of sp³-hybridized carbons (Fsp3) is 0.900. The van der Waals surface area contributed by atoms with Gasteiger partial charge in [0.25, 0.3) is 0 Å². The molecule has 2 aliphatic heterocycles. The number of piperazine rings is 1. The van der Waals surface area contributed by atoms with Gasteiger partial charge in [-0.2, -0.15) is 0 Å². The first-order valence-corrected chi connectivity index (χ1v) is 10.4. The van der Waals surface area contributed by atoms with Crippen molar-refractivity contribution in [3.05, 3.63) is 0 Å². The zero-order valence-electron chi connectivity index (χ0n) is 18.7. The third-order valence-electron chi connectivity index (χ3n) is 5.06. The van der Waals surface area contributed by atoms with Gasteiger partial charge in [0.2, 0.25) is 0 Å². The zero-order valence-corrected chi connectivity index (χ0v) is 21.0. The third-order valence-corrected chi connectivity index (χ3v) is 5.06. The van der Waals surface area contributed by atoms with Crippen LogP contribution in [0.15, 0.2) is 4.99 Å². The molecule has 1 amide bonds. The van der Waals surface area contributed by atoms with Crippen LogP contribution in [0.4, 0.5) is 4.79 Å². The molecular formula is C20H40IN5O2. The monoisotopic (exact) mass is 509 g/mol. The summed E-state index contributed by atoms with van der Waals surface area (Å²) in [5, 5.41) is 3.51. The lowest BCUT2D eigenvalue weighted by Crippen LogP contribution is -2.57. The summed E-state index contributed by atoms with van der Waals surface area (Å²) < 4.78 is 5.50. The summed E-state index contributed by atoms with van der Waals surface area (Å²) >= 11 is 0. The molecule has 1 saturated heterocycles. The van der Waals surface area contributed by atoms with Gasteiger partial charge in [-0.15, -0.1) is 24.0 Å². The van der Waals surface area contributed by atoms with E-state index in [0.717, 1.165) is 38.6 Å². The molecule has 7 nitrogen and oxygen atoms in total. The topological polar surface area (TPSA) is 60.4 Å². The summed E-state index contributed by atoms with van der Waals surface area (Å²) in [7, 11) is 0. The quantitative estimate of drug-likeness (QED) is 0.441. The van der Waals surface area contributed by atoms with Crippen molar-refractivity contribution in [1.29, 1.82) is 0 Å². The van der Waals surface area contributed by atoms with Crippen LogP contribution >= 0.6 is 24.0 Å². The SMILES string of the molecule is CC(C)N(CCCNC1=NCC2CN(C(=O)OC(C)(C)C)CCN12)C(C)C.I. The Hall–Kier alpha value is -0.770. The van der Waals surface area contributed by atoms with Crippen molar-refractivity contribution in [2.75, 3.05) is 39.3 Å². The summed E-state index contributed by atoms with van der Waals surface area (Å²) in [6.07, 6.45) is 0.879. The van der Waals surface area contributed by atoms with E-state index in [1.54, 1.807) is 0 Å². The summed E-state index contributed by atoms with van der Waals surface area (Å²) in [6, 6.07) is 1.40. The second kappa shape index (κ2) is 10.8. The van der Waals surface area contributed by atoms with E-state index in [1.165, 1.54) is 0 Å². The maximum absolute atomic E-state index is 12.3. The zero-order chi connectivity index (χ0) is 20.2. The highest BCUT2D eigenvalue weighted by atomic mass is 127. The fourth-order valence-corrected chi connectivity index (χ4v) is 3.80. The largest absolute Gasteiger partial charge is 0.444 e. The number of amides is 1. The van der Waals surface area contributed by atoms with Gasteiger partial charge in [0.1, 0.15) is 5.60 Å². The molecule has 2 heterocycles. The normalized spacial score (nSPS) is 19.6. The molecule has 0 aromatic carbocycles. The molecule has 0 aromatic rings. The van der Waals surface area contributed by atoms with Crippen LogP contribution in [-0.2, 0) is 4.74 Å². The average molecular weight is 509 g/mol. The standard InChI is InChI=1S/C20H39N5O2.HI/c1-15(2)24(16(3)4)10-8-9-21-18-22-13-17-14-23(11-12-25(17)18)19(26)27-20(5,6)7;/h15-17H,8-14H2,1-7H3,(H,21,22);1H. The lowest BCUT2D eigenvalue weighted by molar-refractivity contribution is 0.0137. The molecule has 2 aliphatic rings. The highest BCUT2D eigenvalue weighted by molar-refractivity contribution is 14.0. The Morgan fingerprint density at radius 1 is 1.25 bits per heavy atom. The van der Waals surface area contributed by atoms with E-state index in [2.05, 4.69) is 47.8 Å². The van der Waals surface area contributed by atoms with Gasteiger partial charge in [-0.3, -0.25) is 9.89 Å². The average Bonchev–Trinajstić information content (AvgIpc) is 2.94. The molecule has 0 aliphatic carbocycles. The van der Waals surface area contributed by atoms with Crippen molar-refractivity contribution in [3.8, 4) is 0 Å². The van der Waals surface area contributed by atoms with Crippen molar-refractivity contribution in [1.82, 2.24) is 20.0 Å². The van der Waals surface area contributed by atoms with Gasteiger partial charge in [-0.1, -0.05) is 0 Å². The first-order chi connectivity index (χ1) is 12.6. The fourth-order valence-electron chi connectivity index (χ4n) is 3.80. The minimum absolute atomic E-state index is 0. The van der Waals surface area contributed by atoms with Crippen LogP contribution < -0.4 is 5.32 Å². The first-order valence-electron chi connectivity index (χ1n) is 10.4. The van der Waals surface area contributed by atoms with Gasteiger partial charge in [-0.05, 0) is 54.9 Å². The number of ether oxygens (including phenoxy) is 1. The lowest BCUT2D eigenvalue weighted by Gasteiger charge is -2.39. The maximum Gasteiger partial charge on any atom is 0.410 e. The number of halogens is 1. The number of guanidine groups is 1. The van der Waals surface area contributed by atoms with Crippen LogP contribution in [0.5, 0.6) is 0 Å². The van der Waals surface area contributed by atoms with E-state index >= 15 is 0 Å². The van der Waals surface area contributed by atoms with E-state index in [0.29, 0.717) is 25.2 Å². The Kier molecular flexibility index (Phi) is 9.79. The predicted octanol–water partition coefficient (Wildman–Crippen LogP) is 2.99. The Bertz CT molecular complexity index is 525. The van der Waals surface area contributed by atoms with Gasteiger partial charge in [0, 0.05) is 44.8 Å². The molecule has 0 bridgehead atoms. The Labute approximate surface area is 188 Å². The molecule has 164 valence electrons. The number of hydrogen-bond acceptors (Lipinski definition) is 6. The molecule has 1 atom stereocenters. The number of nitrogens with zero attached hydrogens (tertiary/aromatic N) is 4. The van der Waals surface area contributed by atoms with Gasteiger partial charge in [-0.25, -0.2) is 4.79 Å². The minimum atomic E-state index is -0.451. The molecular weight excluding hydrogens is 469 g/mol. The predicted molar refractivity (Wildman–Crippen MR) is 126 cm³/mol. The summed E-state index contributed by atoms with van der Waals surface area (Å²) in [4.78, 5) is 23.6. The number of rotatable bonds is 6. The van der Waals surface area contributed by atoms with E-state index in [1.807, 2.05) is 25.7 Å². The lowest BCUT2D eigenvalue weighted by atomic mass is 10.2. The van der Waals surface area contributed by atoms with Crippen LogP contribution in [0.25, 0.3) is 0 Å². The third kappa shape index (κ3) is 7.24. The van der Waals surface area contributed by atoms with Crippen molar-refractivity contribution in [3.63, 3.8) is 0 Å². The molecule has 0 spiro atoms. The van der Waals surface area contributed by atoms with E-state index < -0.39 is 5.60 Å². The van der Waals surface area contributed by atoms with Crippen molar-refractivity contribution in [2.24, 2.45) is 4.99 Å². The molecule has 8 heteroatoms. The highest BCUT2D eigenvalue weighted by Gasteiger charge is 2.36. The number of aliphatic imine (C=N–C) groups is 1. The summed E-state index contributed by atoms with van der Waals surface area (Å²) in [5.41, 5.74) is -0.451. The second-order valence-corrected chi connectivity index (χ2v) is 9.14. The number of carbonyl (C=O) groups excluding carboxylic acids is 1. The molecule has 2 rings (SSSR count). The Morgan fingerprint density at radius 2 is 1.89 bits per heavy atom. The number of fused-ring (bicyclic) bond motifs is 1. The first kappa shape index (κ1) is 25.3. The summed E-state index contributed by atoms with van der Waals surface area (Å²) in [5.74, 6) is 0.990. The molecule has 28 heavy (non-hydrogen) atoms. The molecule has 1 N–H and O–H groups in total. The minimum Gasteiger partial charge on any atom is -0.444 e. The number of carbonyl (C=O) groups is 1. The van der Waals surface area contributed by atoms with Crippen LogP contribution in [0, 0.1) is 0 Å².